The predicted octanol–water partition coefficient (Wildman–Crippen LogP) is 2.03. The number of carbonyl (C=O) groups is 2. The van der Waals surface area contributed by atoms with Gasteiger partial charge < -0.3 is 14.5 Å². The normalized spacial score (nSPS) is 18.8. The maximum Gasteiger partial charge on any atom is 0.409 e. The van der Waals surface area contributed by atoms with Crippen LogP contribution in [0, 0.1) is 0 Å². The monoisotopic (exact) mass is 268 g/mol. The zero-order valence-electron chi connectivity index (χ0n) is 11.9. The van der Waals surface area contributed by atoms with E-state index in [1.165, 1.54) is 6.08 Å². The molecule has 0 aromatic heterocycles. The molecule has 0 aliphatic carbocycles. The highest BCUT2D eigenvalue weighted by atomic mass is 16.6. The summed E-state index contributed by atoms with van der Waals surface area (Å²) in [5, 5.41) is 0. The molecular formula is C14H24N2O3. The van der Waals surface area contributed by atoms with E-state index in [1.807, 2.05) is 13.8 Å². The molecule has 0 saturated carbocycles. The van der Waals surface area contributed by atoms with E-state index in [0.29, 0.717) is 13.1 Å². The first-order valence-electron chi connectivity index (χ1n) is 6.98. The van der Waals surface area contributed by atoms with Crippen molar-refractivity contribution in [1.29, 1.82) is 0 Å². The van der Waals surface area contributed by atoms with Crippen molar-refractivity contribution in [2.75, 3.05) is 26.2 Å². The molecule has 0 N–H and O–H groups in total. The predicted molar refractivity (Wildman–Crippen MR) is 73.8 cm³/mol. The lowest BCUT2D eigenvalue weighted by Gasteiger charge is -2.35. The van der Waals surface area contributed by atoms with Crippen LogP contribution in [0.4, 0.5) is 4.79 Å². The van der Waals surface area contributed by atoms with Gasteiger partial charge >= 0.3 is 6.09 Å². The first kappa shape index (κ1) is 15.5. The minimum absolute atomic E-state index is 0.0150. The minimum atomic E-state index is -0.304. The highest BCUT2D eigenvalue weighted by molar-refractivity contribution is 5.87. The second-order valence-corrected chi connectivity index (χ2v) is 4.63. The van der Waals surface area contributed by atoms with Crippen LogP contribution in [-0.2, 0) is 9.53 Å². The molecule has 0 radical (unpaired) electrons. The minimum Gasteiger partial charge on any atom is -0.447 e. The average molecular weight is 268 g/mol. The maximum absolute atomic E-state index is 11.8. The molecule has 1 saturated heterocycles. The van der Waals surface area contributed by atoms with Crippen LogP contribution in [0.5, 0.6) is 0 Å². The molecule has 1 fully saturated rings. The summed E-state index contributed by atoms with van der Waals surface area (Å²) in [5.41, 5.74) is 0. The third-order valence-electron chi connectivity index (χ3n) is 3.51. The van der Waals surface area contributed by atoms with E-state index >= 15 is 0 Å². The molecule has 0 spiro atoms. The molecule has 1 aliphatic rings. The van der Waals surface area contributed by atoms with Crippen molar-refractivity contribution in [3.8, 4) is 0 Å². The SMILES string of the molecule is C=CC(=O)N1CCCCC1COC(=O)N(CC)CC. The number of likely N-dealkylation sites (tertiary alicyclic amines) is 1. The molecule has 19 heavy (non-hydrogen) atoms. The van der Waals surface area contributed by atoms with Gasteiger partial charge in [-0.25, -0.2) is 4.79 Å². The summed E-state index contributed by atoms with van der Waals surface area (Å²) in [6.45, 7) is 9.61. The van der Waals surface area contributed by atoms with Crippen LogP contribution in [0.25, 0.3) is 0 Å². The molecule has 5 heteroatoms. The number of ether oxygens (including phenoxy) is 1. The van der Waals surface area contributed by atoms with Crippen LogP contribution < -0.4 is 0 Å². The molecule has 0 bridgehead atoms. The summed E-state index contributed by atoms with van der Waals surface area (Å²) in [6.07, 6.45) is 3.96. The number of hydrogen-bond donors (Lipinski definition) is 0. The highest BCUT2D eigenvalue weighted by Crippen LogP contribution is 2.18. The van der Waals surface area contributed by atoms with Crippen molar-refractivity contribution in [2.45, 2.75) is 39.2 Å². The lowest BCUT2D eigenvalue weighted by Crippen LogP contribution is -2.46. The second-order valence-electron chi connectivity index (χ2n) is 4.63. The van der Waals surface area contributed by atoms with E-state index in [9.17, 15) is 9.59 Å². The first-order chi connectivity index (χ1) is 9.13. The summed E-state index contributed by atoms with van der Waals surface area (Å²) in [7, 11) is 0. The first-order valence-corrected chi connectivity index (χ1v) is 6.98. The lowest BCUT2D eigenvalue weighted by molar-refractivity contribution is -0.130. The highest BCUT2D eigenvalue weighted by Gasteiger charge is 2.26. The summed E-state index contributed by atoms with van der Waals surface area (Å²) in [5.74, 6) is -0.0800. The topological polar surface area (TPSA) is 49.9 Å². The van der Waals surface area contributed by atoms with Crippen LogP contribution in [0.1, 0.15) is 33.1 Å². The Morgan fingerprint density at radius 3 is 2.63 bits per heavy atom. The van der Waals surface area contributed by atoms with Gasteiger partial charge in [0.05, 0.1) is 6.04 Å². The summed E-state index contributed by atoms with van der Waals surface area (Å²) >= 11 is 0. The van der Waals surface area contributed by atoms with Gasteiger partial charge in [0.15, 0.2) is 0 Å². The Bertz CT molecular complexity index is 327. The molecule has 2 amide bonds. The average Bonchev–Trinajstić information content (AvgIpc) is 2.45. The smallest absolute Gasteiger partial charge is 0.409 e. The van der Waals surface area contributed by atoms with Gasteiger partial charge in [-0.1, -0.05) is 6.58 Å². The van der Waals surface area contributed by atoms with Gasteiger partial charge in [-0.05, 0) is 39.2 Å². The zero-order valence-corrected chi connectivity index (χ0v) is 11.9. The van der Waals surface area contributed by atoms with E-state index in [0.717, 1.165) is 25.8 Å². The van der Waals surface area contributed by atoms with Crippen molar-refractivity contribution in [3.63, 3.8) is 0 Å². The number of rotatable bonds is 5. The van der Waals surface area contributed by atoms with Crippen molar-refractivity contribution < 1.29 is 14.3 Å². The molecule has 0 aromatic rings. The number of piperidine rings is 1. The van der Waals surface area contributed by atoms with E-state index < -0.39 is 0 Å². The van der Waals surface area contributed by atoms with Crippen molar-refractivity contribution in [3.05, 3.63) is 12.7 Å². The molecular weight excluding hydrogens is 244 g/mol. The Kier molecular flexibility index (Phi) is 6.39. The number of hydrogen-bond acceptors (Lipinski definition) is 3. The maximum atomic E-state index is 11.8. The molecule has 108 valence electrons. The fourth-order valence-electron chi connectivity index (χ4n) is 2.32. The van der Waals surface area contributed by atoms with Crippen molar-refractivity contribution in [1.82, 2.24) is 9.80 Å². The van der Waals surface area contributed by atoms with Gasteiger partial charge in [-0.3, -0.25) is 4.79 Å². The summed E-state index contributed by atoms with van der Waals surface area (Å²) in [6, 6.07) is -0.0150. The molecule has 5 nitrogen and oxygen atoms in total. The Hall–Kier alpha value is -1.52. The van der Waals surface area contributed by atoms with Gasteiger partial charge in [0, 0.05) is 19.6 Å². The Balaban J connectivity index is 2.51. The van der Waals surface area contributed by atoms with Crippen LogP contribution in [0.3, 0.4) is 0 Å². The second kappa shape index (κ2) is 7.81. The van der Waals surface area contributed by atoms with E-state index in [2.05, 4.69) is 6.58 Å². The zero-order chi connectivity index (χ0) is 14.3. The molecule has 1 aliphatic heterocycles. The standard InChI is InChI=1S/C14H24N2O3/c1-4-13(17)16-10-8-7-9-12(16)11-19-14(18)15(5-2)6-3/h4,12H,1,5-11H2,2-3H3. The summed E-state index contributed by atoms with van der Waals surface area (Å²) in [4.78, 5) is 26.9. The third-order valence-corrected chi connectivity index (χ3v) is 3.51. The van der Waals surface area contributed by atoms with Crippen molar-refractivity contribution in [2.24, 2.45) is 0 Å². The Morgan fingerprint density at radius 2 is 2.05 bits per heavy atom. The van der Waals surface area contributed by atoms with Crippen LogP contribution in [-0.4, -0.2) is 54.1 Å². The third kappa shape index (κ3) is 4.26. The van der Waals surface area contributed by atoms with Gasteiger partial charge in [0.25, 0.3) is 0 Å². The Labute approximate surface area is 115 Å². The Morgan fingerprint density at radius 1 is 1.37 bits per heavy atom. The molecule has 0 aromatic carbocycles. The number of carbonyl (C=O) groups excluding carboxylic acids is 2. The largest absolute Gasteiger partial charge is 0.447 e. The van der Waals surface area contributed by atoms with E-state index in [-0.39, 0.29) is 24.6 Å². The number of amides is 2. The molecule has 1 rings (SSSR count). The van der Waals surface area contributed by atoms with Crippen LogP contribution in [0.2, 0.25) is 0 Å². The quantitative estimate of drug-likeness (QED) is 0.717. The fraction of sp³-hybridized carbons (Fsp3) is 0.714. The van der Waals surface area contributed by atoms with Gasteiger partial charge in [-0.15, -0.1) is 0 Å². The number of nitrogens with zero attached hydrogens (tertiary/aromatic N) is 2. The van der Waals surface area contributed by atoms with Gasteiger partial charge in [0.1, 0.15) is 6.61 Å². The van der Waals surface area contributed by atoms with E-state index in [1.54, 1.807) is 9.80 Å². The van der Waals surface area contributed by atoms with Crippen molar-refractivity contribution >= 4 is 12.0 Å². The molecule has 1 unspecified atom stereocenters. The fourth-order valence-corrected chi connectivity index (χ4v) is 2.32. The summed E-state index contributed by atoms with van der Waals surface area (Å²) < 4.78 is 5.31. The van der Waals surface area contributed by atoms with Gasteiger partial charge in [0.2, 0.25) is 5.91 Å². The van der Waals surface area contributed by atoms with Gasteiger partial charge in [-0.2, -0.15) is 0 Å². The van der Waals surface area contributed by atoms with Crippen LogP contribution in [0.15, 0.2) is 12.7 Å². The van der Waals surface area contributed by atoms with E-state index in [4.69, 9.17) is 4.74 Å². The molecule has 1 heterocycles. The van der Waals surface area contributed by atoms with Crippen LogP contribution >= 0.6 is 0 Å². The molecule has 1 atom stereocenters. The lowest BCUT2D eigenvalue weighted by atomic mass is 10.0.